The Bertz CT molecular complexity index is 1120. The van der Waals surface area contributed by atoms with Crippen molar-refractivity contribution in [1.29, 1.82) is 0 Å². The first-order valence-corrected chi connectivity index (χ1v) is 10.5. The number of hydrogen-bond donors (Lipinski definition) is 3. The molecule has 3 N–H and O–H groups in total. The molecule has 0 atom stereocenters. The highest BCUT2D eigenvalue weighted by Crippen LogP contribution is 2.26. The molecule has 4 aromatic rings. The summed E-state index contributed by atoms with van der Waals surface area (Å²) in [5.74, 6) is 1.81. The molecule has 0 saturated heterocycles. The van der Waals surface area contributed by atoms with Gasteiger partial charge in [0.25, 0.3) is 0 Å². The van der Waals surface area contributed by atoms with Gasteiger partial charge >= 0.3 is 0 Å². The second-order valence-electron chi connectivity index (χ2n) is 6.23. The number of para-hydroxylation sites is 2. The van der Waals surface area contributed by atoms with Gasteiger partial charge in [-0.05, 0) is 18.6 Å². The van der Waals surface area contributed by atoms with Crippen LogP contribution >= 0.6 is 0 Å². The Hall–Kier alpha value is -3.75. The summed E-state index contributed by atoms with van der Waals surface area (Å²) in [4.78, 5) is 27.6. The molecule has 9 nitrogen and oxygen atoms in total. The largest absolute Gasteiger partial charge is 0.372 e. The predicted octanol–water partition coefficient (Wildman–Crippen LogP) is 4.21. The van der Waals surface area contributed by atoms with Gasteiger partial charge in [-0.15, -0.1) is 0 Å². The summed E-state index contributed by atoms with van der Waals surface area (Å²) in [6, 6.07) is 9.69. The van der Waals surface area contributed by atoms with Gasteiger partial charge in [-0.3, -0.25) is 4.79 Å². The maximum atomic E-state index is 11.5. The Labute approximate surface area is 180 Å². The van der Waals surface area contributed by atoms with E-state index >= 15 is 0 Å². The van der Waals surface area contributed by atoms with E-state index in [2.05, 4.69) is 35.7 Å². The lowest BCUT2D eigenvalue weighted by Crippen LogP contribution is -2.29. The third-order valence-corrected chi connectivity index (χ3v) is 4.41. The van der Waals surface area contributed by atoms with Crippen LogP contribution in [0.3, 0.4) is 0 Å². The molecule has 0 spiro atoms. The number of aromatic nitrogens is 5. The number of benzene rings is 1. The SMILES string of the molecule is CC.CC.O=C1CNc2c(CCc3cc(-c4nc5ccccc5[nH]4)no3)ncnc2N1. The van der Waals surface area contributed by atoms with Gasteiger partial charge in [0.1, 0.15) is 17.8 Å². The molecule has 4 heterocycles. The van der Waals surface area contributed by atoms with Crippen molar-refractivity contribution in [3.05, 3.63) is 48.1 Å². The highest BCUT2D eigenvalue weighted by atomic mass is 16.5. The molecule has 3 aromatic heterocycles. The first-order chi connectivity index (χ1) is 15.3. The van der Waals surface area contributed by atoms with Crippen molar-refractivity contribution < 1.29 is 9.32 Å². The van der Waals surface area contributed by atoms with Crippen LogP contribution < -0.4 is 10.6 Å². The molecule has 1 aliphatic heterocycles. The summed E-state index contributed by atoms with van der Waals surface area (Å²) >= 11 is 0. The second-order valence-corrected chi connectivity index (χ2v) is 6.23. The first-order valence-electron chi connectivity index (χ1n) is 10.5. The molecule has 0 aliphatic carbocycles. The molecule has 162 valence electrons. The normalized spacial score (nSPS) is 11.9. The number of aryl methyl sites for hydroxylation is 2. The van der Waals surface area contributed by atoms with E-state index in [1.54, 1.807) is 0 Å². The van der Waals surface area contributed by atoms with Crippen LogP contribution in [0.2, 0.25) is 0 Å². The lowest BCUT2D eigenvalue weighted by atomic mass is 10.1. The number of nitrogens with one attached hydrogen (secondary N) is 3. The van der Waals surface area contributed by atoms with Gasteiger partial charge < -0.3 is 20.1 Å². The van der Waals surface area contributed by atoms with Crippen LogP contribution in [-0.2, 0) is 17.6 Å². The van der Waals surface area contributed by atoms with Gasteiger partial charge in [0.15, 0.2) is 11.6 Å². The number of rotatable bonds is 4. The zero-order chi connectivity index (χ0) is 22.2. The van der Waals surface area contributed by atoms with Crippen LogP contribution in [0.25, 0.3) is 22.6 Å². The standard InChI is InChI=1S/C18H15N7O2.2C2H6/c26-15-8-19-16-13(20-9-21-18(16)24-15)6-5-10-7-14(25-27-10)17-22-11-3-1-2-4-12(11)23-17;2*1-2/h1-4,7,9,19H,5-6,8H2,(H,22,23)(H,20,21,24,26);2*1-2H3. The molecular weight excluding hydrogens is 394 g/mol. The molecular formula is C22H27N7O2. The molecule has 0 bridgehead atoms. The van der Waals surface area contributed by atoms with E-state index in [1.807, 2.05) is 58.0 Å². The number of aromatic amines is 1. The number of imidazole rings is 1. The quantitative estimate of drug-likeness (QED) is 0.451. The zero-order valence-corrected chi connectivity index (χ0v) is 18.2. The van der Waals surface area contributed by atoms with E-state index in [-0.39, 0.29) is 12.5 Å². The molecule has 0 saturated carbocycles. The molecule has 1 aliphatic rings. The molecule has 0 radical (unpaired) electrons. The number of carbonyl (C=O) groups is 1. The molecule has 31 heavy (non-hydrogen) atoms. The summed E-state index contributed by atoms with van der Waals surface area (Å²) in [6.45, 7) is 8.21. The zero-order valence-electron chi connectivity index (χ0n) is 18.2. The maximum absolute atomic E-state index is 11.5. The van der Waals surface area contributed by atoms with Crippen LogP contribution in [-0.4, -0.2) is 37.5 Å². The molecule has 0 fully saturated rings. The average molecular weight is 422 g/mol. The minimum absolute atomic E-state index is 0.113. The monoisotopic (exact) mass is 421 g/mol. The van der Waals surface area contributed by atoms with Gasteiger partial charge in [0.05, 0.1) is 29.0 Å². The Morgan fingerprint density at radius 2 is 1.87 bits per heavy atom. The van der Waals surface area contributed by atoms with Gasteiger partial charge in [0.2, 0.25) is 5.91 Å². The van der Waals surface area contributed by atoms with Crippen molar-refractivity contribution in [1.82, 2.24) is 25.1 Å². The lowest BCUT2D eigenvalue weighted by molar-refractivity contribution is -0.114. The Morgan fingerprint density at radius 1 is 1.06 bits per heavy atom. The summed E-state index contributed by atoms with van der Waals surface area (Å²) in [5, 5.41) is 9.92. The Balaban J connectivity index is 0.000000645. The van der Waals surface area contributed by atoms with E-state index in [0.717, 1.165) is 28.2 Å². The number of amides is 1. The predicted molar refractivity (Wildman–Crippen MR) is 121 cm³/mol. The number of fused-ring (bicyclic) bond motifs is 2. The van der Waals surface area contributed by atoms with Crippen molar-refractivity contribution in [2.45, 2.75) is 40.5 Å². The van der Waals surface area contributed by atoms with Crippen molar-refractivity contribution >= 4 is 28.4 Å². The third kappa shape index (κ3) is 4.88. The van der Waals surface area contributed by atoms with Crippen LogP contribution in [0.1, 0.15) is 39.1 Å². The van der Waals surface area contributed by atoms with Crippen molar-refractivity contribution in [2.24, 2.45) is 0 Å². The third-order valence-electron chi connectivity index (χ3n) is 4.41. The minimum atomic E-state index is -0.113. The number of carbonyl (C=O) groups excluding carboxylic acids is 1. The molecule has 0 unspecified atom stereocenters. The summed E-state index contributed by atoms with van der Waals surface area (Å²) in [7, 11) is 0. The van der Waals surface area contributed by atoms with Gasteiger partial charge in [-0.25, -0.2) is 15.0 Å². The maximum Gasteiger partial charge on any atom is 0.244 e. The van der Waals surface area contributed by atoms with E-state index in [1.165, 1.54) is 6.33 Å². The average Bonchev–Trinajstić information content (AvgIpc) is 3.47. The fraction of sp³-hybridized carbons (Fsp3) is 0.318. The fourth-order valence-electron chi connectivity index (χ4n) is 3.10. The minimum Gasteiger partial charge on any atom is -0.372 e. The smallest absolute Gasteiger partial charge is 0.244 e. The van der Waals surface area contributed by atoms with Crippen LogP contribution in [0.4, 0.5) is 11.5 Å². The van der Waals surface area contributed by atoms with Crippen LogP contribution in [0, 0.1) is 0 Å². The topological polar surface area (TPSA) is 122 Å². The van der Waals surface area contributed by atoms with Crippen LogP contribution in [0.15, 0.2) is 41.2 Å². The molecule has 1 aromatic carbocycles. The number of hydrogen-bond acceptors (Lipinski definition) is 7. The molecule has 1 amide bonds. The fourth-order valence-corrected chi connectivity index (χ4v) is 3.10. The van der Waals surface area contributed by atoms with E-state index in [9.17, 15) is 4.79 Å². The van der Waals surface area contributed by atoms with Gasteiger partial charge in [0, 0.05) is 12.5 Å². The van der Waals surface area contributed by atoms with Gasteiger partial charge in [-0.1, -0.05) is 45.0 Å². The number of H-pyrrole nitrogens is 1. The van der Waals surface area contributed by atoms with Crippen molar-refractivity contribution in [3.8, 4) is 11.5 Å². The highest BCUT2D eigenvalue weighted by molar-refractivity contribution is 5.99. The number of nitrogens with zero attached hydrogens (tertiary/aromatic N) is 4. The van der Waals surface area contributed by atoms with E-state index < -0.39 is 0 Å². The summed E-state index contributed by atoms with van der Waals surface area (Å²) < 4.78 is 5.45. The Kier molecular flexibility index (Phi) is 7.31. The highest BCUT2D eigenvalue weighted by Gasteiger charge is 2.19. The van der Waals surface area contributed by atoms with Crippen molar-refractivity contribution in [3.63, 3.8) is 0 Å². The summed E-state index contributed by atoms with van der Waals surface area (Å²) in [5.41, 5.74) is 4.09. The van der Waals surface area contributed by atoms with Gasteiger partial charge in [-0.2, -0.15) is 0 Å². The lowest BCUT2D eigenvalue weighted by Gasteiger charge is -2.19. The van der Waals surface area contributed by atoms with Crippen molar-refractivity contribution in [2.75, 3.05) is 17.2 Å². The van der Waals surface area contributed by atoms with E-state index in [0.29, 0.717) is 30.2 Å². The first kappa shape index (κ1) is 21.9. The Morgan fingerprint density at radius 3 is 2.68 bits per heavy atom. The molecule has 9 heteroatoms. The summed E-state index contributed by atoms with van der Waals surface area (Å²) in [6.07, 6.45) is 2.69. The van der Waals surface area contributed by atoms with E-state index in [4.69, 9.17) is 4.52 Å². The number of anilines is 2. The second kappa shape index (κ2) is 10.3. The van der Waals surface area contributed by atoms with Crippen LogP contribution in [0.5, 0.6) is 0 Å². The molecule has 5 rings (SSSR count).